The zero-order valence-electron chi connectivity index (χ0n) is 13.1. The lowest BCUT2D eigenvalue weighted by Crippen LogP contribution is -2.38. The fraction of sp³-hybridized carbons (Fsp3) is 0.562. The van der Waals surface area contributed by atoms with E-state index in [0.29, 0.717) is 25.6 Å². The molecule has 22 heavy (non-hydrogen) atoms. The first-order valence-corrected chi connectivity index (χ1v) is 7.65. The van der Waals surface area contributed by atoms with Crippen LogP contribution in [-0.2, 0) is 16.1 Å². The Morgan fingerprint density at radius 3 is 2.82 bits per heavy atom. The van der Waals surface area contributed by atoms with Crippen molar-refractivity contribution >= 4 is 11.8 Å². The lowest BCUT2D eigenvalue weighted by atomic mass is 10.0. The molecule has 6 heteroatoms. The number of carbonyl (C=O) groups is 2. The molecule has 0 aromatic carbocycles. The van der Waals surface area contributed by atoms with E-state index in [0.717, 1.165) is 18.7 Å². The first kappa shape index (κ1) is 15.0. The smallest absolute Gasteiger partial charge is 0.236 e. The van der Waals surface area contributed by atoms with Gasteiger partial charge in [0.15, 0.2) is 0 Å². The topological polar surface area (TPSA) is 56.8 Å². The summed E-state index contributed by atoms with van der Waals surface area (Å²) in [6, 6.07) is 3.89. The molecule has 2 saturated heterocycles. The Morgan fingerprint density at radius 1 is 1.36 bits per heavy atom. The molecule has 0 spiro atoms. The maximum absolute atomic E-state index is 12.5. The zero-order chi connectivity index (χ0) is 15.7. The van der Waals surface area contributed by atoms with Crippen molar-refractivity contribution in [2.45, 2.75) is 6.54 Å². The summed E-state index contributed by atoms with van der Waals surface area (Å²) in [5, 5.41) is 0. The average Bonchev–Trinajstić information content (AvgIpc) is 3.00. The van der Waals surface area contributed by atoms with Gasteiger partial charge in [-0.05, 0) is 11.6 Å². The number of likely N-dealkylation sites (N-methyl/N-ethyl adjacent to an activating group) is 1. The number of nitrogens with zero attached hydrogens (tertiary/aromatic N) is 4. The lowest BCUT2D eigenvalue weighted by Gasteiger charge is -2.22. The molecule has 0 unspecified atom stereocenters. The van der Waals surface area contributed by atoms with Crippen LogP contribution in [0, 0.1) is 11.8 Å². The van der Waals surface area contributed by atoms with E-state index >= 15 is 0 Å². The number of fused-ring (bicyclic) bond motifs is 1. The third-order valence-electron chi connectivity index (χ3n) is 4.55. The molecule has 0 radical (unpaired) electrons. The van der Waals surface area contributed by atoms with Crippen LogP contribution in [-0.4, -0.2) is 71.8 Å². The molecule has 3 rings (SSSR count). The van der Waals surface area contributed by atoms with Crippen molar-refractivity contribution in [2.24, 2.45) is 11.8 Å². The molecule has 2 atom stereocenters. The Bertz CT molecular complexity index is 561. The standard InChI is InChI=1S/C16H22N4O2/c1-18(2)15(21)11-19-8-13-9-20(16(22)14(13)10-19)7-12-4-3-5-17-6-12/h3-6,13-14H,7-11H2,1-2H3/t13-,14-/m1/s1. The molecule has 2 fully saturated rings. The van der Waals surface area contributed by atoms with Crippen molar-refractivity contribution in [3.63, 3.8) is 0 Å². The van der Waals surface area contributed by atoms with E-state index < -0.39 is 0 Å². The molecule has 1 aromatic rings. The monoisotopic (exact) mass is 302 g/mol. The molecule has 1 aromatic heterocycles. The van der Waals surface area contributed by atoms with Gasteiger partial charge < -0.3 is 9.80 Å². The van der Waals surface area contributed by atoms with Crippen molar-refractivity contribution in [3.05, 3.63) is 30.1 Å². The van der Waals surface area contributed by atoms with Gasteiger partial charge in [-0.3, -0.25) is 19.5 Å². The Kier molecular flexibility index (Phi) is 4.11. The van der Waals surface area contributed by atoms with Crippen LogP contribution in [0.4, 0.5) is 0 Å². The first-order valence-electron chi connectivity index (χ1n) is 7.65. The van der Waals surface area contributed by atoms with Gasteiger partial charge in [0.25, 0.3) is 0 Å². The minimum Gasteiger partial charge on any atom is -0.348 e. The van der Waals surface area contributed by atoms with E-state index in [-0.39, 0.29) is 17.7 Å². The number of likely N-dealkylation sites (tertiary alicyclic amines) is 2. The van der Waals surface area contributed by atoms with Crippen LogP contribution in [0.3, 0.4) is 0 Å². The SMILES string of the molecule is CN(C)C(=O)CN1C[C@@H]2CN(Cc3cccnc3)C(=O)[C@@H]2C1. The van der Waals surface area contributed by atoms with Crippen LogP contribution in [0.25, 0.3) is 0 Å². The summed E-state index contributed by atoms with van der Waals surface area (Å²) in [5.74, 6) is 0.707. The van der Waals surface area contributed by atoms with Gasteiger partial charge in [0, 0.05) is 58.6 Å². The molecular weight excluding hydrogens is 280 g/mol. The van der Waals surface area contributed by atoms with Gasteiger partial charge >= 0.3 is 0 Å². The molecule has 0 aliphatic carbocycles. The molecule has 0 saturated carbocycles. The highest BCUT2D eigenvalue weighted by molar-refractivity contribution is 5.82. The predicted octanol–water partition coefficient (Wildman–Crippen LogP) is 0.0600. The summed E-state index contributed by atoms with van der Waals surface area (Å²) in [6.45, 7) is 3.36. The molecule has 0 N–H and O–H groups in total. The maximum atomic E-state index is 12.5. The third kappa shape index (κ3) is 2.97. The number of rotatable bonds is 4. The molecule has 118 valence electrons. The molecule has 3 heterocycles. The molecular formula is C16H22N4O2. The highest BCUT2D eigenvalue weighted by Crippen LogP contribution is 2.32. The van der Waals surface area contributed by atoms with Crippen LogP contribution in [0.5, 0.6) is 0 Å². The van der Waals surface area contributed by atoms with Crippen LogP contribution in [0.15, 0.2) is 24.5 Å². The minimum absolute atomic E-state index is 0.0478. The fourth-order valence-electron chi connectivity index (χ4n) is 3.35. The van der Waals surface area contributed by atoms with Gasteiger partial charge in [0.05, 0.1) is 12.5 Å². The van der Waals surface area contributed by atoms with E-state index in [2.05, 4.69) is 9.88 Å². The molecule has 0 bridgehead atoms. The molecule has 2 aliphatic heterocycles. The third-order valence-corrected chi connectivity index (χ3v) is 4.55. The number of pyridine rings is 1. The van der Waals surface area contributed by atoms with Gasteiger partial charge in [-0.15, -0.1) is 0 Å². The summed E-state index contributed by atoms with van der Waals surface area (Å²) < 4.78 is 0. The van der Waals surface area contributed by atoms with Crippen molar-refractivity contribution in [3.8, 4) is 0 Å². The minimum atomic E-state index is 0.0478. The van der Waals surface area contributed by atoms with E-state index in [1.807, 2.05) is 23.2 Å². The van der Waals surface area contributed by atoms with Crippen LogP contribution in [0.1, 0.15) is 5.56 Å². The highest BCUT2D eigenvalue weighted by atomic mass is 16.2. The number of hydrogen-bond acceptors (Lipinski definition) is 4. The number of carbonyl (C=O) groups excluding carboxylic acids is 2. The summed E-state index contributed by atoms with van der Waals surface area (Å²) in [4.78, 5) is 34.1. The second-order valence-electron chi connectivity index (χ2n) is 6.43. The van der Waals surface area contributed by atoms with Crippen molar-refractivity contribution in [1.29, 1.82) is 0 Å². The van der Waals surface area contributed by atoms with Crippen molar-refractivity contribution in [2.75, 3.05) is 40.3 Å². The number of amides is 2. The summed E-state index contributed by atoms with van der Waals surface area (Å²) in [5.41, 5.74) is 1.07. The second kappa shape index (κ2) is 6.04. The molecule has 2 aliphatic rings. The largest absolute Gasteiger partial charge is 0.348 e. The molecule has 2 amide bonds. The van der Waals surface area contributed by atoms with Gasteiger partial charge in [-0.2, -0.15) is 0 Å². The van der Waals surface area contributed by atoms with E-state index in [1.54, 1.807) is 25.2 Å². The van der Waals surface area contributed by atoms with E-state index in [4.69, 9.17) is 0 Å². The summed E-state index contributed by atoms with van der Waals surface area (Å²) >= 11 is 0. The Hall–Kier alpha value is -1.95. The summed E-state index contributed by atoms with van der Waals surface area (Å²) in [7, 11) is 3.53. The fourth-order valence-corrected chi connectivity index (χ4v) is 3.35. The second-order valence-corrected chi connectivity index (χ2v) is 6.43. The quantitative estimate of drug-likeness (QED) is 0.789. The number of hydrogen-bond donors (Lipinski definition) is 0. The van der Waals surface area contributed by atoms with Crippen molar-refractivity contribution < 1.29 is 9.59 Å². The van der Waals surface area contributed by atoms with E-state index in [9.17, 15) is 9.59 Å². The van der Waals surface area contributed by atoms with Gasteiger partial charge in [-0.1, -0.05) is 6.07 Å². The van der Waals surface area contributed by atoms with Gasteiger partial charge in [0.1, 0.15) is 0 Å². The van der Waals surface area contributed by atoms with Gasteiger partial charge in [-0.25, -0.2) is 0 Å². The normalized spacial score (nSPS) is 24.6. The Balaban J connectivity index is 1.57. The predicted molar refractivity (Wildman–Crippen MR) is 81.8 cm³/mol. The molecule has 6 nitrogen and oxygen atoms in total. The maximum Gasteiger partial charge on any atom is 0.236 e. The van der Waals surface area contributed by atoms with Gasteiger partial charge in [0.2, 0.25) is 11.8 Å². The van der Waals surface area contributed by atoms with Crippen molar-refractivity contribution in [1.82, 2.24) is 19.7 Å². The van der Waals surface area contributed by atoms with Crippen LogP contribution < -0.4 is 0 Å². The highest BCUT2D eigenvalue weighted by Gasteiger charge is 2.46. The zero-order valence-corrected chi connectivity index (χ0v) is 13.1. The van der Waals surface area contributed by atoms with E-state index in [1.165, 1.54) is 0 Å². The lowest BCUT2D eigenvalue weighted by molar-refractivity contribution is -0.133. The van der Waals surface area contributed by atoms with Crippen LogP contribution in [0.2, 0.25) is 0 Å². The summed E-state index contributed by atoms with van der Waals surface area (Å²) in [6.07, 6.45) is 3.55. The Morgan fingerprint density at radius 2 is 2.18 bits per heavy atom. The first-order chi connectivity index (χ1) is 10.5. The van der Waals surface area contributed by atoms with Crippen LogP contribution >= 0.6 is 0 Å². The Labute approximate surface area is 130 Å². The number of aromatic nitrogens is 1. The average molecular weight is 302 g/mol.